The van der Waals surface area contributed by atoms with Crippen molar-refractivity contribution in [3.8, 4) is 5.75 Å². The van der Waals surface area contributed by atoms with Gasteiger partial charge in [-0.2, -0.15) is 0 Å². The molecule has 0 aromatic heterocycles. The molecular weight excluding hydrogens is 305 g/mol. The van der Waals surface area contributed by atoms with E-state index in [4.69, 9.17) is 27.9 Å². The van der Waals surface area contributed by atoms with Gasteiger partial charge in [0.05, 0.1) is 10.0 Å². The second kappa shape index (κ2) is 7.69. The van der Waals surface area contributed by atoms with Crippen LogP contribution in [0, 0.1) is 0 Å². The van der Waals surface area contributed by atoms with Crippen LogP contribution in [-0.4, -0.2) is 6.54 Å². The van der Waals surface area contributed by atoms with Gasteiger partial charge in [-0.1, -0.05) is 48.3 Å². The summed E-state index contributed by atoms with van der Waals surface area (Å²) >= 11 is 11.9. The van der Waals surface area contributed by atoms with Gasteiger partial charge < -0.3 is 10.1 Å². The van der Waals surface area contributed by atoms with Gasteiger partial charge in [-0.05, 0) is 48.9 Å². The van der Waals surface area contributed by atoms with Crippen LogP contribution in [-0.2, 0) is 6.61 Å². The van der Waals surface area contributed by atoms with Crippen molar-refractivity contribution in [1.29, 1.82) is 0 Å². The van der Waals surface area contributed by atoms with Crippen LogP contribution < -0.4 is 10.1 Å². The van der Waals surface area contributed by atoms with Crippen LogP contribution in [0.3, 0.4) is 0 Å². The lowest BCUT2D eigenvalue weighted by Crippen LogP contribution is -2.17. The second-order valence-electron chi connectivity index (χ2n) is 4.89. The third kappa shape index (κ3) is 4.63. The highest BCUT2D eigenvalue weighted by Gasteiger charge is 2.05. The molecule has 0 saturated heterocycles. The van der Waals surface area contributed by atoms with E-state index in [0.717, 1.165) is 17.9 Å². The standard InChI is InChI=1S/C17H19Cl2NO/c1-3-20-12(2)14-5-4-6-15(10-14)21-11-13-7-8-16(18)17(19)9-13/h4-10,12,20H,3,11H2,1-2H3. The van der Waals surface area contributed by atoms with Crippen molar-refractivity contribution in [1.82, 2.24) is 5.32 Å². The van der Waals surface area contributed by atoms with E-state index in [-0.39, 0.29) is 0 Å². The Balaban J connectivity index is 2.02. The van der Waals surface area contributed by atoms with E-state index >= 15 is 0 Å². The molecule has 0 spiro atoms. The van der Waals surface area contributed by atoms with Gasteiger partial charge in [0.25, 0.3) is 0 Å². The third-order valence-corrected chi connectivity index (χ3v) is 4.00. The molecule has 0 bridgehead atoms. The SMILES string of the molecule is CCNC(C)c1cccc(OCc2ccc(Cl)c(Cl)c2)c1. The molecule has 0 heterocycles. The first-order valence-corrected chi connectivity index (χ1v) is 7.76. The highest BCUT2D eigenvalue weighted by molar-refractivity contribution is 6.42. The monoisotopic (exact) mass is 323 g/mol. The molecule has 0 aliphatic heterocycles. The summed E-state index contributed by atoms with van der Waals surface area (Å²) in [7, 11) is 0. The molecule has 0 fully saturated rings. The highest BCUT2D eigenvalue weighted by Crippen LogP contribution is 2.24. The Bertz CT molecular complexity index is 601. The average molecular weight is 324 g/mol. The first-order chi connectivity index (χ1) is 10.1. The van der Waals surface area contributed by atoms with E-state index < -0.39 is 0 Å². The molecule has 0 aliphatic rings. The first kappa shape index (κ1) is 16.2. The molecule has 2 rings (SSSR count). The van der Waals surface area contributed by atoms with E-state index in [1.54, 1.807) is 6.07 Å². The van der Waals surface area contributed by atoms with Gasteiger partial charge in [-0.3, -0.25) is 0 Å². The Morgan fingerprint density at radius 2 is 1.90 bits per heavy atom. The van der Waals surface area contributed by atoms with Crippen LogP contribution >= 0.6 is 23.2 Å². The molecule has 2 aromatic carbocycles. The van der Waals surface area contributed by atoms with Gasteiger partial charge in [0.1, 0.15) is 12.4 Å². The van der Waals surface area contributed by atoms with E-state index in [1.807, 2.05) is 24.3 Å². The van der Waals surface area contributed by atoms with Crippen LogP contribution in [0.25, 0.3) is 0 Å². The van der Waals surface area contributed by atoms with Crippen molar-refractivity contribution in [2.24, 2.45) is 0 Å². The maximum atomic E-state index is 6.00. The summed E-state index contributed by atoms with van der Waals surface area (Å²) in [5.74, 6) is 0.850. The summed E-state index contributed by atoms with van der Waals surface area (Å²) in [4.78, 5) is 0. The molecular formula is C17H19Cl2NO. The molecule has 0 saturated carbocycles. The molecule has 1 atom stereocenters. The zero-order valence-corrected chi connectivity index (χ0v) is 13.7. The van der Waals surface area contributed by atoms with Crippen LogP contribution in [0.2, 0.25) is 10.0 Å². The summed E-state index contributed by atoms with van der Waals surface area (Å²) in [5.41, 5.74) is 2.21. The minimum absolute atomic E-state index is 0.309. The van der Waals surface area contributed by atoms with Crippen molar-refractivity contribution in [3.05, 3.63) is 63.6 Å². The predicted octanol–water partition coefficient (Wildman–Crippen LogP) is 5.24. The summed E-state index contributed by atoms with van der Waals surface area (Å²) in [6.07, 6.45) is 0. The summed E-state index contributed by atoms with van der Waals surface area (Å²) in [6.45, 7) is 5.65. The van der Waals surface area contributed by atoms with Crippen molar-refractivity contribution in [2.45, 2.75) is 26.5 Å². The number of halogens is 2. The van der Waals surface area contributed by atoms with Crippen molar-refractivity contribution >= 4 is 23.2 Å². The van der Waals surface area contributed by atoms with E-state index in [9.17, 15) is 0 Å². The fourth-order valence-corrected chi connectivity index (χ4v) is 2.41. The van der Waals surface area contributed by atoms with Crippen molar-refractivity contribution in [3.63, 3.8) is 0 Å². The minimum Gasteiger partial charge on any atom is -0.489 e. The lowest BCUT2D eigenvalue weighted by Gasteiger charge is -2.14. The lowest BCUT2D eigenvalue weighted by atomic mass is 10.1. The molecule has 112 valence electrons. The van der Waals surface area contributed by atoms with Gasteiger partial charge in [-0.25, -0.2) is 0 Å². The van der Waals surface area contributed by atoms with Crippen LogP contribution in [0.5, 0.6) is 5.75 Å². The first-order valence-electron chi connectivity index (χ1n) is 7.00. The van der Waals surface area contributed by atoms with Gasteiger partial charge in [-0.15, -0.1) is 0 Å². The molecule has 0 aliphatic carbocycles. The molecule has 4 heteroatoms. The Kier molecular flexibility index (Phi) is 5.92. The summed E-state index contributed by atoms with van der Waals surface area (Å²) < 4.78 is 5.83. The second-order valence-corrected chi connectivity index (χ2v) is 5.70. The van der Waals surface area contributed by atoms with E-state index in [2.05, 4.69) is 31.3 Å². The quantitative estimate of drug-likeness (QED) is 0.784. The Morgan fingerprint density at radius 1 is 1.10 bits per heavy atom. The fraction of sp³-hybridized carbons (Fsp3) is 0.294. The smallest absolute Gasteiger partial charge is 0.120 e. The largest absolute Gasteiger partial charge is 0.489 e. The number of nitrogens with one attached hydrogen (secondary N) is 1. The summed E-state index contributed by atoms with van der Waals surface area (Å²) in [5, 5.41) is 4.49. The molecule has 1 unspecified atom stereocenters. The van der Waals surface area contributed by atoms with E-state index in [0.29, 0.717) is 22.7 Å². The van der Waals surface area contributed by atoms with Gasteiger partial charge in [0.15, 0.2) is 0 Å². The maximum absolute atomic E-state index is 6.00. The number of hydrogen-bond acceptors (Lipinski definition) is 2. The third-order valence-electron chi connectivity index (χ3n) is 3.26. The molecule has 21 heavy (non-hydrogen) atoms. The average Bonchev–Trinajstić information content (AvgIpc) is 2.49. The number of benzene rings is 2. The number of hydrogen-bond donors (Lipinski definition) is 1. The fourth-order valence-electron chi connectivity index (χ4n) is 2.09. The van der Waals surface area contributed by atoms with Crippen molar-refractivity contribution in [2.75, 3.05) is 6.54 Å². The Hall–Kier alpha value is -1.22. The summed E-state index contributed by atoms with van der Waals surface area (Å²) in [6, 6.07) is 14.0. The van der Waals surface area contributed by atoms with E-state index in [1.165, 1.54) is 5.56 Å². The molecule has 0 radical (unpaired) electrons. The van der Waals surface area contributed by atoms with Crippen LogP contribution in [0.4, 0.5) is 0 Å². The van der Waals surface area contributed by atoms with Crippen LogP contribution in [0.15, 0.2) is 42.5 Å². The van der Waals surface area contributed by atoms with Gasteiger partial charge >= 0.3 is 0 Å². The van der Waals surface area contributed by atoms with Gasteiger partial charge in [0.2, 0.25) is 0 Å². The highest BCUT2D eigenvalue weighted by atomic mass is 35.5. The molecule has 2 nitrogen and oxygen atoms in total. The molecule has 2 aromatic rings. The molecule has 0 amide bonds. The normalized spacial score (nSPS) is 12.2. The van der Waals surface area contributed by atoms with Gasteiger partial charge in [0, 0.05) is 6.04 Å². The Labute approximate surface area is 136 Å². The topological polar surface area (TPSA) is 21.3 Å². The minimum atomic E-state index is 0.309. The Morgan fingerprint density at radius 3 is 2.62 bits per heavy atom. The number of rotatable bonds is 6. The number of ether oxygens (including phenoxy) is 1. The zero-order chi connectivity index (χ0) is 15.2. The lowest BCUT2D eigenvalue weighted by molar-refractivity contribution is 0.305. The predicted molar refractivity (Wildman–Crippen MR) is 89.3 cm³/mol. The zero-order valence-electron chi connectivity index (χ0n) is 12.2. The molecule has 1 N–H and O–H groups in total. The van der Waals surface area contributed by atoms with Crippen LogP contribution in [0.1, 0.15) is 31.0 Å². The van der Waals surface area contributed by atoms with Crippen molar-refractivity contribution < 1.29 is 4.74 Å². The maximum Gasteiger partial charge on any atom is 0.120 e.